The van der Waals surface area contributed by atoms with Crippen LogP contribution in [0.25, 0.3) is 0 Å². The summed E-state index contributed by atoms with van der Waals surface area (Å²) in [4.78, 5) is 13.3. The maximum atomic E-state index is 12.9. The summed E-state index contributed by atoms with van der Waals surface area (Å²) in [6.45, 7) is 0. The number of aliphatic hydroxyl groups excluding tert-OH is 1. The van der Waals surface area contributed by atoms with Crippen molar-refractivity contribution in [3.63, 3.8) is 0 Å². The van der Waals surface area contributed by atoms with E-state index in [4.69, 9.17) is 16.3 Å². The first kappa shape index (κ1) is 25.1. The smallest absolute Gasteiger partial charge is 0.416 e. The molecule has 8 heteroatoms. The zero-order chi connectivity index (χ0) is 23.3. The van der Waals surface area contributed by atoms with Crippen molar-refractivity contribution in [2.24, 2.45) is 11.8 Å². The number of carbonyl (C=O) groups is 1. The normalized spacial score (nSPS) is 23.4. The van der Waals surface area contributed by atoms with Crippen LogP contribution in [-0.4, -0.2) is 29.7 Å². The van der Waals surface area contributed by atoms with Crippen molar-refractivity contribution in [2.75, 3.05) is 7.11 Å². The number of aryl methyl sites for hydroxylation is 2. The third kappa shape index (κ3) is 6.49. The van der Waals surface area contributed by atoms with E-state index >= 15 is 0 Å². The van der Waals surface area contributed by atoms with Gasteiger partial charge in [0.2, 0.25) is 0 Å². The summed E-state index contributed by atoms with van der Waals surface area (Å²) in [5.41, 5.74) is 0.0314. The van der Waals surface area contributed by atoms with Crippen molar-refractivity contribution in [3.8, 4) is 0 Å². The van der Waals surface area contributed by atoms with Crippen LogP contribution >= 0.6 is 22.9 Å². The number of carbonyl (C=O) groups excluding carboxylic acids is 1. The number of benzene rings is 1. The van der Waals surface area contributed by atoms with Gasteiger partial charge in [0.05, 0.1) is 18.8 Å². The maximum absolute atomic E-state index is 12.9. The molecule has 3 rings (SSSR count). The molecule has 0 saturated heterocycles. The van der Waals surface area contributed by atoms with Gasteiger partial charge < -0.3 is 9.84 Å². The molecule has 1 aliphatic carbocycles. The van der Waals surface area contributed by atoms with E-state index in [0.29, 0.717) is 29.7 Å². The lowest BCUT2D eigenvalue weighted by atomic mass is 9.85. The van der Waals surface area contributed by atoms with Gasteiger partial charge in [-0.1, -0.05) is 18.2 Å². The summed E-state index contributed by atoms with van der Waals surface area (Å²) in [6.07, 6.45) is 0.300. The summed E-state index contributed by atoms with van der Waals surface area (Å²) >= 11 is 7.96. The van der Waals surface area contributed by atoms with Crippen LogP contribution in [0, 0.1) is 11.8 Å². The fraction of sp³-hybridized carbons (Fsp3) is 0.542. The molecule has 1 N–H and O–H groups in total. The van der Waals surface area contributed by atoms with Crippen molar-refractivity contribution < 1.29 is 27.8 Å². The third-order valence-corrected chi connectivity index (χ3v) is 7.87. The van der Waals surface area contributed by atoms with Crippen LogP contribution in [0.15, 0.2) is 36.4 Å². The second-order valence-corrected chi connectivity index (χ2v) is 10.1. The number of hydrogen-bond acceptors (Lipinski definition) is 4. The first-order valence-electron chi connectivity index (χ1n) is 10.8. The van der Waals surface area contributed by atoms with Crippen molar-refractivity contribution in [1.29, 1.82) is 0 Å². The van der Waals surface area contributed by atoms with Gasteiger partial charge in [-0.2, -0.15) is 13.2 Å². The summed E-state index contributed by atoms with van der Waals surface area (Å²) in [5, 5.41) is 10.4. The molecule has 3 nitrogen and oxygen atoms in total. The molecule has 1 saturated carbocycles. The quantitative estimate of drug-likeness (QED) is 0.323. The van der Waals surface area contributed by atoms with Gasteiger partial charge in [-0.3, -0.25) is 0 Å². The Hall–Kier alpha value is -1.57. The average Bonchev–Trinajstić information content (AvgIpc) is 3.32. The molecule has 0 bridgehead atoms. The van der Waals surface area contributed by atoms with Crippen LogP contribution in [0.3, 0.4) is 0 Å². The Kier molecular flexibility index (Phi) is 8.64. The van der Waals surface area contributed by atoms with Crippen molar-refractivity contribution >= 4 is 28.9 Å². The van der Waals surface area contributed by atoms with Crippen molar-refractivity contribution in [3.05, 3.63) is 57.3 Å². The van der Waals surface area contributed by atoms with E-state index in [1.165, 1.54) is 30.6 Å². The van der Waals surface area contributed by atoms with Crippen molar-refractivity contribution in [2.45, 2.75) is 62.6 Å². The highest BCUT2D eigenvalue weighted by Gasteiger charge is 2.40. The zero-order valence-electron chi connectivity index (χ0n) is 17.9. The predicted octanol–water partition coefficient (Wildman–Crippen LogP) is 6.50. The molecule has 32 heavy (non-hydrogen) atoms. The summed E-state index contributed by atoms with van der Waals surface area (Å²) < 4.78 is 43.5. The van der Waals surface area contributed by atoms with Crippen LogP contribution in [0.1, 0.15) is 57.8 Å². The molecular weight excluding hydrogens is 461 g/mol. The maximum Gasteiger partial charge on any atom is 0.416 e. The van der Waals surface area contributed by atoms with Crippen LogP contribution < -0.4 is 0 Å². The molecule has 0 aliphatic heterocycles. The Morgan fingerprint density at radius 2 is 1.88 bits per heavy atom. The molecule has 0 radical (unpaired) electrons. The number of halogens is 4. The Morgan fingerprint density at radius 3 is 2.59 bits per heavy atom. The number of alkyl halides is 4. The van der Waals surface area contributed by atoms with E-state index in [1.54, 1.807) is 12.1 Å². The molecule has 0 amide bonds. The van der Waals surface area contributed by atoms with E-state index in [0.717, 1.165) is 36.6 Å². The van der Waals surface area contributed by atoms with Crippen LogP contribution in [0.4, 0.5) is 13.2 Å². The lowest BCUT2D eigenvalue weighted by Crippen LogP contribution is -2.21. The topological polar surface area (TPSA) is 46.5 Å². The minimum Gasteiger partial charge on any atom is -0.465 e. The SMILES string of the molecule is COC(=O)c1ccc(CCC[C@@H]2[C@@H](CCCc3cccc(C(F)(F)F)c3)[C@H](O)C[C@H]2Cl)s1. The lowest BCUT2D eigenvalue weighted by molar-refractivity contribution is -0.137. The molecule has 1 fully saturated rings. The Bertz CT molecular complexity index is 899. The number of rotatable bonds is 9. The van der Waals surface area contributed by atoms with Gasteiger partial charge in [0.25, 0.3) is 0 Å². The number of aliphatic hydroxyl groups is 1. The van der Waals surface area contributed by atoms with Crippen LogP contribution in [-0.2, 0) is 23.8 Å². The van der Waals surface area contributed by atoms with E-state index in [9.17, 15) is 23.1 Å². The molecule has 2 aromatic rings. The molecule has 4 atom stereocenters. The fourth-order valence-corrected chi connectivity index (χ4v) is 6.08. The molecule has 1 aliphatic rings. The predicted molar refractivity (Wildman–Crippen MR) is 120 cm³/mol. The fourth-order valence-electron chi connectivity index (χ4n) is 4.61. The molecule has 1 aromatic heterocycles. The monoisotopic (exact) mass is 488 g/mol. The van der Waals surface area contributed by atoms with Crippen LogP contribution in [0.2, 0.25) is 0 Å². The van der Waals surface area contributed by atoms with E-state index in [1.807, 2.05) is 6.07 Å². The lowest BCUT2D eigenvalue weighted by Gasteiger charge is -2.23. The minimum absolute atomic E-state index is 0.0530. The minimum atomic E-state index is -4.34. The third-order valence-electron chi connectivity index (χ3n) is 6.24. The molecular formula is C24H28ClF3O3S. The second kappa shape index (κ2) is 11.0. The van der Waals surface area contributed by atoms with E-state index in [-0.39, 0.29) is 23.2 Å². The van der Waals surface area contributed by atoms with Crippen LogP contribution in [0.5, 0.6) is 0 Å². The van der Waals surface area contributed by atoms with Gasteiger partial charge in [-0.15, -0.1) is 22.9 Å². The number of methoxy groups -OCH3 is 1. The Balaban J connectivity index is 1.51. The largest absolute Gasteiger partial charge is 0.465 e. The summed E-state index contributed by atoms with van der Waals surface area (Å²) in [7, 11) is 1.36. The first-order chi connectivity index (χ1) is 15.2. The highest BCUT2D eigenvalue weighted by atomic mass is 35.5. The first-order valence-corrected chi connectivity index (χ1v) is 12.1. The summed E-state index contributed by atoms with van der Waals surface area (Å²) in [5.74, 6) is -0.104. The summed E-state index contributed by atoms with van der Waals surface area (Å²) in [6, 6.07) is 9.15. The van der Waals surface area contributed by atoms with Gasteiger partial charge in [0, 0.05) is 10.3 Å². The number of thiophene rings is 1. The second-order valence-electron chi connectivity index (χ2n) is 8.39. The zero-order valence-corrected chi connectivity index (χ0v) is 19.5. The molecule has 1 aromatic carbocycles. The highest BCUT2D eigenvalue weighted by Crippen LogP contribution is 2.42. The molecule has 1 heterocycles. The number of esters is 1. The van der Waals surface area contributed by atoms with Gasteiger partial charge in [0.1, 0.15) is 4.88 Å². The van der Waals surface area contributed by atoms with Gasteiger partial charge in [-0.05, 0) is 80.5 Å². The van der Waals surface area contributed by atoms with Crippen molar-refractivity contribution in [1.82, 2.24) is 0 Å². The number of hydrogen-bond donors (Lipinski definition) is 1. The Labute approximate surface area is 195 Å². The standard InChI is InChI=1S/C24H28ClF3O3S/c1-31-23(30)22-12-11-17(32-22)8-4-9-18-19(21(29)14-20(18)25)10-3-6-15-5-2-7-16(13-15)24(26,27)28/h2,5,7,11-13,18-21,29H,3-4,6,8-10,14H2,1H3/t18-,19-,20-,21-/m1/s1. The molecule has 0 unspecified atom stereocenters. The Morgan fingerprint density at radius 1 is 1.16 bits per heavy atom. The van der Waals surface area contributed by atoms with Gasteiger partial charge in [0.15, 0.2) is 0 Å². The van der Waals surface area contributed by atoms with E-state index in [2.05, 4.69) is 0 Å². The van der Waals surface area contributed by atoms with Gasteiger partial charge in [-0.25, -0.2) is 4.79 Å². The highest BCUT2D eigenvalue weighted by molar-refractivity contribution is 7.13. The van der Waals surface area contributed by atoms with E-state index < -0.39 is 17.8 Å². The molecule has 0 spiro atoms. The molecule has 176 valence electrons. The number of ether oxygens (including phenoxy) is 1. The average molecular weight is 489 g/mol. The van der Waals surface area contributed by atoms with Gasteiger partial charge >= 0.3 is 12.1 Å².